The molecule has 6 atom stereocenters. The van der Waals surface area contributed by atoms with Crippen LogP contribution in [-0.4, -0.2) is 23.6 Å². The molecular weight excluding hydrogens is 284 g/mol. The molecule has 4 aliphatic heterocycles. The van der Waals surface area contributed by atoms with Gasteiger partial charge in [-0.05, 0) is 44.9 Å². The zero-order chi connectivity index (χ0) is 15.1. The summed E-state index contributed by atoms with van der Waals surface area (Å²) in [5, 5.41) is 0. The summed E-state index contributed by atoms with van der Waals surface area (Å²) >= 11 is 0. The maximum absolute atomic E-state index is 12.5. The first-order valence-electron chi connectivity index (χ1n) is 8.51. The third kappa shape index (κ3) is 1.57. The lowest BCUT2D eigenvalue weighted by atomic mass is 9.59. The number of carbonyl (C=O) groups excluding carboxylic acids is 1. The fourth-order valence-corrected chi connectivity index (χ4v) is 5.10. The zero-order valence-corrected chi connectivity index (χ0v) is 13.1. The van der Waals surface area contributed by atoms with E-state index in [2.05, 4.69) is 6.92 Å². The summed E-state index contributed by atoms with van der Waals surface area (Å²) < 4.78 is 11.8. The fourth-order valence-electron chi connectivity index (χ4n) is 5.10. The predicted molar refractivity (Wildman–Crippen MR) is 75.1 cm³/mol. The summed E-state index contributed by atoms with van der Waals surface area (Å²) in [6.45, 7) is 4.15. The molecule has 2 aliphatic carbocycles. The van der Waals surface area contributed by atoms with Crippen LogP contribution in [0.25, 0.3) is 0 Å². The molecule has 6 aliphatic rings. The minimum Gasteiger partial charge on any atom is -0.429 e. The summed E-state index contributed by atoms with van der Waals surface area (Å²) in [5.74, 6) is -0.111. The number of rotatable bonds is 0. The van der Waals surface area contributed by atoms with E-state index in [4.69, 9.17) is 19.2 Å². The summed E-state index contributed by atoms with van der Waals surface area (Å²) in [7, 11) is 0. The molecule has 120 valence electrons. The Kier molecular flexibility index (Phi) is 2.54. The average molecular weight is 306 g/mol. The lowest BCUT2D eigenvalue weighted by molar-refractivity contribution is -0.554. The van der Waals surface area contributed by atoms with Gasteiger partial charge >= 0.3 is 5.97 Å². The number of allylic oxidation sites excluding steroid dienone is 1. The number of fused-ring (bicyclic) bond motifs is 2. The van der Waals surface area contributed by atoms with Gasteiger partial charge in [0, 0.05) is 23.8 Å². The van der Waals surface area contributed by atoms with E-state index >= 15 is 0 Å². The summed E-state index contributed by atoms with van der Waals surface area (Å²) in [6, 6.07) is 0. The molecule has 5 nitrogen and oxygen atoms in total. The molecule has 5 heteroatoms. The van der Waals surface area contributed by atoms with Crippen LogP contribution in [0.5, 0.6) is 0 Å². The Labute approximate surface area is 129 Å². The number of hydrogen-bond donors (Lipinski definition) is 0. The fraction of sp³-hybridized carbons (Fsp3) is 0.824. The van der Waals surface area contributed by atoms with Crippen LogP contribution in [0.3, 0.4) is 0 Å². The van der Waals surface area contributed by atoms with Crippen LogP contribution in [-0.2, 0) is 24.0 Å². The van der Waals surface area contributed by atoms with Crippen LogP contribution in [0, 0.1) is 17.8 Å². The lowest BCUT2D eigenvalue weighted by Gasteiger charge is -2.56. The smallest absolute Gasteiger partial charge is 0.336 e. The van der Waals surface area contributed by atoms with Crippen LogP contribution in [0.1, 0.15) is 52.4 Å². The van der Waals surface area contributed by atoms with E-state index in [1.807, 2.05) is 6.92 Å². The van der Waals surface area contributed by atoms with Crippen LogP contribution in [0.15, 0.2) is 11.1 Å². The molecule has 1 spiro atoms. The highest BCUT2D eigenvalue weighted by Crippen LogP contribution is 2.61. The van der Waals surface area contributed by atoms with Gasteiger partial charge in [-0.15, -0.1) is 0 Å². The molecule has 6 fully saturated rings. The van der Waals surface area contributed by atoms with Crippen molar-refractivity contribution in [2.45, 2.75) is 70.1 Å². The van der Waals surface area contributed by atoms with Crippen molar-refractivity contribution in [3.05, 3.63) is 11.1 Å². The van der Waals surface area contributed by atoms with E-state index in [0.29, 0.717) is 11.8 Å². The minimum absolute atomic E-state index is 0.0556. The van der Waals surface area contributed by atoms with Gasteiger partial charge in [0.2, 0.25) is 12.1 Å². The van der Waals surface area contributed by atoms with Crippen molar-refractivity contribution in [2.75, 3.05) is 0 Å². The molecule has 0 radical (unpaired) electrons. The number of ether oxygens (including phenoxy) is 2. The second-order valence-corrected chi connectivity index (χ2v) is 7.78. The van der Waals surface area contributed by atoms with Gasteiger partial charge in [0.1, 0.15) is 0 Å². The van der Waals surface area contributed by atoms with Gasteiger partial charge in [0.25, 0.3) is 0 Å². The van der Waals surface area contributed by atoms with E-state index in [1.165, 1.54) is 5.57 Å². The molecule has 0 aromatic heterocycles. The van der Waals surface area contributed by atoms with Crippen molar-refractivity contribution >= 4 is 5.97 Å². The number of hydrogen-bond acceptors (Lipinski definition) is 5. The van der Waals surface area contributed by atoms with Crippen LogP contribution >= 0.6 is 0 Å². The van der Waals surface area contributed by atoms with Crippen molar-refractivity contribution in [2.24, 2.45) is 17.8 Å². The van der Waals surface area contributed by atoms with Crippen molar-refractivity contribution in [3.63, 3.8) is 0 Å². The van der Waals surface area contributed by atoms with Gasteiger partial charge in [-0.25, -0.2) is 14.6 Å². The molecule has 0 unspecified atom stereocenters. The summed E-state index contributed by atoms with van der Waals surface area (Å²) in [4.78, 5) is 24.3. The van der Waals surface area contributed by atoms with E-state index in [-0.39, 0.29) is 11.9 Å². The Hall–Kier alpha value is -0.910. The van der Waals surface area contributed by atoms with E-state index < -0.39 is 17.7 Å². The highest BCUT2D eigenvalue weighted by atomic mass is 17.3. The first-order valence-corrected chi connectivity index (χ1v) is 8.51. The van der Waals surface area contributed by atoms with Gasteiger partial charge in [0.15, 0.2) is 5.60 Å². The van der Waals surface area contributed by atoms with Crippen LogP contribution < -0.4 is 0 Å². The molecule has 0 aromatic carbocycles. The van der Waals surface area contributed by atoms with Crippen molar-refractivity contribution in [3.8, 4) is 0 Å². The Morgan fingerprint density at radius 2 is 1.95 bits per heavy atom. The molecule has 0 amide bonds. The van der Waals surface area contributed by atoms with Gasteiger partial charge in [-0.1, -0.05) is 12.5 Å². The molecule has 6 rings (SSSR count). The van der Waals surface area contributed by atoms with E-state index in [1.54, 1.807) is 0 Å². The number of carbonyl (C=O) groups is 1. The normalized spacial score (nSPS) is 52.9. The van der Waals surface area contributed by atoms with Gasteiger partial charge < -0.3 is 9.47 Å². The van der Waals surface area contributed by atoms with E-state index in [9.17, 15) is 4.79 Å². The molecule has 0 N–H and O–H groups in total. The maximum Gasteiger partial charge on any atom is 0.336 e. The molecule has 2 bridgehead atoms. The van der Waals surface area contributed by atoms with E-state index in [0.717, 1.165) is 44.1 Å². The quantitative estimate of drug-likeness (QED) is 0.391. The minimum atomic E-state index is -0.804. The Morgan fingerprint density at radius 1 is 1.14 bits per heavy atom. The Morgan fingerprint density at radius 3 is 2.73 bits per heavy atom. The second-order valence-electron chi connectivity index (χ2n) is 7.78. The standard InChI is InChI=1S/C17H22O5/c1-9-3-6-12-13(10-4-5-10)14(18)19-15-17(12)11(9)7-8-16(2,20-15)21-22-17/h9,11-12,15H,3-8H2,1-2H3/t9-,11+,12+,15-,16-,17-/m1/s1. The molecule has 22 heavy (non-hydrogen) atoms. The summed E-state index contributed by atoms with van der Waals surface area (Å²) in [6.07, 6.45) is 5.23. The Bertz CT molecular complexity index is 578. The highest BCUT2D eigenvalue weighted by Gasteiger charge is 2.70. The van der Waals surface area contributed by atoms with Crippen molar-refractivity contribution in [1.29, 1.82) is 0 Å². The predicted octanol–water partition coefficient (Wildman–Crippen LogP) is 2.85. The molecule has 2 saturated carbocycles. The molecule has 4 saturated heterocycles. The van der Waals surface area contributed by atoms with Crippen molar-refractivity contribution in [1.82, 2.24) is 0 Å². The van der Waals surface area contributed by atoms with Crippen LogP contribution in [0.2, 0.25) is 0 Å². The molecule has 4 heterocycles. The van der Waals surface area contributed by atoms with Gasteiger partial charge in [-0.2, -0.15) is 0 Å². The maximum atomic E-state index is 12.5. The third-order valence-electron chi connectivity index (χ3n) is 6.38. The average Bonchev–Trinajstić information content (AvgIpc) is 3.30. The topological polar surface area (TPSA) is 54.0 Å². The van der Waals surface area contributed by atoms with Crippen LogP contribution in [0.4, 0.5) is 0 Å². The first kappa shape index (κ1) is 13.5. The highest BCUT2D eigenvalue weighted by molar-refractivity contribution is 5.92. The summed E-state index contributed by atoms with van der Waals surface area (Å²) in [5.41, 5.74) is 1.47. The largest absolute Gasteiger partial charge is 0.429 e. The van der Waals surface area contributed by atoms with Gasteiger partial charge in [0.05, 0.1) is 0 Å². The first-order chi connectivity index (χ1) is 10.5. The molecular formula is C17H22O5. The lowest BCUT2D eigenvalue weighted by Crippen LogP contribution is -2.68. The molecule has 0 aromatic rings. The third-order valence-corrected chi connectivity index (χ3v) is 6.38. The van der Waals surface area contributed by atoms with Crippen molar-refractivity contribution < 1.29 is 24.0 Å². The van der Waals surface area contributed by atoms with Gasteiger partial charge in [-0.3, -0.25) is 0 Å². The number of esters is 1. The zero-order valence-electron chi connectivity index (χ0n) is 13.1. The Balaban J connectivity index is 1.68. The second kappa shape index (κ2) is 4.13. The monoisotopic (exact) mass is 306 g/mol. The SMILES string of the molecule is C[C@@H]1CC[C@H]2C(=C3CC3)C(=O)O[C@@H]3O[C@@]4(C)CC[C@@H]1[C@]32OO4.